The van der Waals surface area contributed by atoms with Crippen LogP contribution < -0.4 is 0 Å². The zero-order chi connectivity index (χ0) is 13.1. The van der Waals surface area contributed by atoms with E-state index in [2.05, 4.69) is 5.18 Å². The fourth-order valence-corrected chi connectivity index (χ4v) is 1.97. The van der Waals surface area contributed by atoms with Gasteiger partial charge in [0, 0.05) is 5.41 Å². The van der Waals surface area contributed by atoms with E-state index in [1.807, 2.05) is 20.8 Å². The first-order valence-corrected chi connectivity index (χ1v) is 6.46. The summed E-state index contributed by atoms with van der Waals surface area (Å²) in [6, 6.07) is 0. The second-order valence-corrected chi connectivity index (χ2v) is 5.76. The van der Waals surface area contributed by atoms with Crippen LogP contribution in [0.1, 0.15) is 20.8 Å². The molecule has 0 aromatic carbocycles. The highest BCUT2D eigenvalue weighted by molar-refractivity contribution is 7.88. The molecule has 17 heavy (non-hydrogen) atoms. The molecule has 4 atom stereocenters. The van der Waals surface area contributed by atoms with Crippen molar-refractivity contribution < 1.29 is 24.8 Å². The van der Waals surface area contributed by atoms with Crippen LogP contribution in [0.4, 0.5) is 0 Å². The number of rotatable bonds is 2. The van der Waals surface area contributed by atoms with E-state index in [4.69, 9.17) is 9.47 Å². The highest BCUT2D eigenvalue weighted by Gasteiger charge is 2.37. The zero-order valence-corrected chi connectivity index (χ0v) is 11.1. The summed E-state index contributed by atoms with van der Waals surface area (Å²) in [7, 11) is 0. The van der Waals surface area contributed by atoms with Crippen LogP contribution in [0, 0.1) is 10.6 Å². The van der Waals surface area contributed by atoms with E-state index in [1.165, 1.54) is 11.2 Å². The Bertz CT molecular complexity index is 303. The molecule has 0 aliphatic carbocycles. The molecule has 1 aliphatic rings. The fraction of sp³-hybridized carbons (Fsp3) is 0.909. The Kier molecular flexibility index (Phi) is 5.34. The highest BCUT2D eigenvalue weighted by Crippen LogP contribution is 2.17. The second-order valence-electron chi connectivity index (χ2n) is 5.03. The highest BCUT2D eigenvalue weighted by atomic mass is 32.1. The van der Waals surface area contributed by atoms with E-state index in [0.29, 0.717) is 0 Å². The maximum atomic E-state index is 9.58. The van der Waals surface area contributed by atoms with Crippen molar-refractivity contribution in [3.8, 4) is 5.18 Å². The lowest BCUT2D eigenvalue weighted by Crippen LogP contribution is -2.53. The molecule has 0 spiro atoms. The average Bonchev–Trinajstić information content (AvgIpc) is 2.22. The lowest BCUT2D eigenvalue weighted by Gasteiger charge is -2.34. The Labute approximate surface area is 105 Å². The van der Waals surface area contributed by atoms with Gasteiger partial charge in [-0.15, -0.1) is 11.2 Å². The SMILES string of the molecule is CC(C)(C)C#SCOC1OCC(O)C(O)C1O. The van der Waals surface area contributed by atoms with Gasteiger partial charge in [-0.3, -0.25) is 0 Å². The van der Waals surface area contributed by atoms with Crippen molar-refractivity contribution in [3.05, 3.63) is 0 Å². The molecule has 0 bridgehead atoms. The van der Waals surface area contributed by atoms with Crippen LogP contribution >= 0.6 is 11.2 Å². The third-order valence-corrected chi connectivity index (χ3v) is 3.13. The molecule has 0 aromatic rings. The average molecular weight is 264 g/mol. The van der Waals surface area contributed by atoms with Gasteiger partial charge in [0.2, 0.25) is 0 Å². The van der Waals surface area contributed by atoms with Gasteiger partial charge in [0.05, 0.1) is 6.61 Å². The fourth-order valence-electron chi connectivity index (χ4n) is 1.27. The number of aliphatic hydroxyl groups excluding tert-OH is 3. The smallest absolute Gasteiger partial charge is 0.187 e. The van der Waals surface area contributed by atoms with E-state index in [1.54, 1.807) is 0 Å². The van der Waals surface area contributed by atoms with Gasteiger partial charge in [-0.1, -0.05) is 5.18 Å². The van der Waals surface area contributed by atoms with Crippen LogP contribution in [0.2, 0.25) is 0 Å². The number of hydrogen-bond donors (Lipinski definition) is 3. The Balaban J connectivity index is 2.39. The Morgan fingerprint density at radius 3 is 2.53 bits per heavy atom. The van der Waals surface area contributed by atoms with Gasteiger partial charge in [0.1, 0.15) is 24.3 Å². The summed E-state index contributed by atoms with van der Waals surface area (Å²) in [5.74, 6) is 0.280. The largest absolute Gasteiger partial charge is 0.388 e. The van der Waals surface area contributed by atoms with Crippen molar-refractivity contribution >= 4 is 11.2 Å². The molecule has 0 aromatic heterocycles. The summed E-state index contributed by atoms with van der Waals surface area (Å²) >= 11 is 1.35. The Hall–Kier alpha value is -0.200. The number of hydrogen-bond acceptors (Lipinski definition) is 5. The van der Waals surface area contributed by atoms with Crippen LogP contribution in [0.15, 0.2) is 0 Å². The summed E-state index contributed by atoms with van der Waals surface area (Å²) < 4.78 is 10.3. The first-order valence-electron chi connectivity index (χ1n) is 5.47. The van der Waals surface area contributed by atoms with Crippen molar-refractivity contribution in [2.45, 2.75) is 45.4 Å². The van der Waals surface area contributed by atoms with Crippen molar-refractivity contribution in [2.24, 2.45) is 5.41 Å². The maximum Gasteiger partial charge on any atom is 0.187 e. The first-order chi connectivity index (χ1) is 7.81. The molecular weight excluding hydrogens is 244 g/mol. The Morgan fingerprint density at radius 1 is 1.29 bits per heavy atom. The van der Waals surface area contributed by atoms with Crippen LogP contribution in [-0.4, -0.2) is 52.5 Å². The molecule has 1 fully saturated rings. The van der Waals surface area contributed by atoms with Gasteiger partial charge in [-0.25, -0.2) is 0 Å². The van der Waals surface area contributed by atoms with Gasteiger partial charge in [-0.05, 0) is 20.8 Å². The van der Waals surface area contributed by atoms with E-state index >= 15 is 0 Å². The lowest BCUT2D eigenvalue weighted by molar-refractivity contribution is -0.263. The third kappa shape index (κ3) is 4.89. The van der Waals surface area contributed by atoms with Gasteiger partial charge in [-0.2, -0.15) is 0 Å². The predicted molar refractivity (Wildman–Crippen MR) is 64.6 cm³/mol. The monoisotopic (exact) mass is 264 g/mol. The molecule has 0 radical (unpaired) electrons. The van der Waals surface area contributed by atoms with Gasteiger partial charge >= 0.3 is 0 Å². The summed E-state index contributed by atoms with van der Waals surface area (Å²) in [5.41, 5.74) is -0.0320. The lowest BCUT2D eigenvalue weighted by atomic mass is 10.0. The van der Waals surface area contributed by atoms with E-state index < -0.39 is 24.6 Å². The minimum atomic E-state index is -1.23. The third-order valence-electron chi connectivity index (χ3n) is 2.12. The number of aliphatic hydroxyl groups is 3. The van der Waals surface area contributed by atoms with Crippen molar-refractivity contribution in [2.75, 3.05) is 12.5 Å². The Morgan fingerprint density at radius 2 is 1.94 bits per heavy atom. The zero-order valence-electron chi connectivity index (χ0n) is 10.3. The molecule has 6 heteroatoms. The van der Waals surface area contributed by atoms with Crippen LogP contribution in [-0.2, 0) is 9.47 Å². The molecule has 3 N–H and O–H groups in total. The molecule has 1 saturated heterocycles. The topological polar surface area (TPSA) is 79.2 Å². The molecule has 1 heterocycles. The van der Waals surface area contributed by atoms with Crippen LogP contribution in [0.3, 0.4) is 0 Å². The normalized spacial score (nSPS) is 34.2. The minimum absolute atomic E-state index is 0.0320. The van der Waals surface area contributed by atoms with E-state index in [0.717, 1.165) is 0 Å². The van der Waals surface area contributed by atoms with Crippen LogP contribution in [0.5, 0.6) is 0 Å². The van der Waals surface area contributed by atoms with E-state index in [9.17, 15) is 15.3 Å². The van der Waals surface area contributed by atoms with Gasteiger partial charge in [0.15, 0.2) is 6.29 Å². The molecule has 100 valence electrons. The van der Waals surface area contributed by atoms with Crippen molar-refractivity contribution in [1.82, 2.24) is 0 Å². The molecule has 1 aliphatic heterocycles. The van der Waals surface area contributed by atoms with Crippen LogP contribution in [0.25, 0.3) is 0 Å². The molecule has 0 saturated carbocycles. The molecule has 1 rings (SSSR count). The molecular formula is C11H20O5S. The summed E-state index contributed by atoms with van der Waals surface area (Å²) in [6.45, 7) is 6.02. The van der Waals surface area contributed by atoms with Crippen molar-refractivity contribution in [1.29, 1.82) is 0 Å². The first kappa shape index (κ1) is 14.9. The summed E-state index contributed by atoms with van der Waals surface area (Å²) in [5, 5.41) is 31.4. The maximum absolute atomic E-state index is 9.58. The number of ether oxygens (including phenoxy) is 2. The molecule has 4 unspecified atom stereocenters. The second kappa shape index (κ2) is 6.11. The van der Waals surface area contributed by atoms with Crippen molar-refractivity contribution in [3.63, 3.8) is 0 Å². The van der Waals surface area contributed by atoms with Gasteiger partial charge < -0.3 is 24.8 Å². The summed E-state index contributed by atoms with van der Waals surface area (Å²) in [6.07, 6.45) is -4.42. The quantitative estimate of drug-likeness (QED) is 0.618. The molecule has 5 nitrogen and oxygen atoms in total. The summed E-state index contributed by atoms with van der Waals surface area (Å²) in [4.78, 5) is 0. The standard InChI is InChI=1S/C11H20O5S/c1-11(2,3)5-17-6-16-10-9(14)8(13)7(12)4-15-10/h7-10,12-14H,4,6H2,1-3H3. The minimum Gasteiger partial charge on any atom is -0.388 e. The predicted octanol–water partition coefficient (Wildman–Crippen LogP) is 0.138. The van der Waals surface area contributed by atoms with Gasteiger partial charge in [0.25, 0.3) is 0 Å². The van der Waals surface area contributed by atoms with E-state index in [-0.39, 0.29) is 18.0 Å². The molecule has 0 amide bonds.